The lowest BCUT2D eigenvalue weighted by Crippen LogP contribution is -2.35. The molecular formula is C18H19F3N2O2. The highest BCUT2D eigenvalue weighted by Crippen LogP contribution is 2.35. The van der Waals surface area contributed by atoms with E-state index < -0.39 is 11.7 Å². The van der Waals surface area contributed by atoms with Gasteiger partial charge in [-0.25, -0.2) is 0 Å². The lowest BCUT2D eigenvalue weighted by Gasteiger charge is -2.30. The van der Waals surface area contributed by atoms with Crippen LogP contribution in [-0.4, -0.2) is 17.6 Å². The molecule has 3 rings (SSSR count). The van der Waals surface area contributed by atoms with Gasteiger partial charge in [-0.05, 0) is 56.9 Å². The summed E-state index contributed by atoms with van der Waals surface area (Å²) in [5.74, 6) is 0.597. The summed E-state index contributed by atoms with van der Waals surface area (Å²) >= 11 is 0. The average Bonchev–Trinajstić information content (AvgIpc) is 2.89. The highest BCUT2D eigenvalue weighted by molar-refractivity contribution is 5.94. The molecule has 0 saturated heterocycles. The van der Waals surface area contributed by atoms with E-state index in [-0.39, 0.29) is 12.3 Å². The van der Waals surface area contributed by atoms with Gasteiger partial charge in [-0.3, -0.25) is 4.79 Å². The molecule has 0 N–H and O–H groups in total. The summed E-state index contributed by atoms with van der Waals surface area (Å²) in [6.07, 6.45) is -2.39. The van der Waals surface area contributed by atoms with Gasteiger partial charge in [0.1, 0.15) is 5.76 Å². The molecule has 0 radical (unpaired) electrons. The van der Waals surface area contributed by atoms with Crippen LogP contribution in [0, 0.1) is 13.8 Å². The first kappa shape index (κ1) is 17.5. The summed E-state index contributed by atoms with van der Waals surface area (Å²) in [6.45, 7) is 4.15. The van der Waals surface area contributed by atoms with Crippen molar-refractivity contribution in [2.75, 3.05) is 11.4 Å². The number of carbonyl (C=O) groups excluding carboxylic acids is 1. The van der Waals surface area contributed by atoms with Gasteiger partial charge in [0, 0.05) is 24.2 Å². The van der Waals surface area contributed by atoms with E-state index in [1.807, 2.05) is 6.92 Å². The standard InChI is InChI=1S/C18H19F3N2O2/c1-11-15(12(2)25-22-11)6-8-17(24)23-9-3-4-13-10-14(18(19,20)21)5-7-16(13)23/h5,7,10H,3-4,6,8-9H2,1-2H3. The number of carbonyl (C=O) groups is 1. The minimum absolute atomic E-state index is 0.0966. The maximum atomic E-state index is 12.9. The Kier molecular flexibility index (Phi) is 4.58. The van der Waals surface area contributed by atoms with Gasteiger partial charge in [-0.2, -0.15) is 13.2 Å². The maximum absolute atomic E-state index is 12.9. The smallest absolute Gasteiger partial charge is 0.361 e. The molecule has 1 aromatic carbocycles. The first-order chi connectivity index (χ1) is 11.8. The van der Waals surface area contributed by atoms with Crippen molar-refractivity contribution >= 4 is 11.6 Å². The van der Waals surface area contributed by atoms with Gasteiger partial charge in [-0.15, -0.1) is 0 Å². The summed E-state index contributed by atoms with van der Waals surface area (Å²) in [6, 6.07) is 3.60. The zero-order valence-corrected chi connectivity index (χ0v) is 14.1. The van der Waals surface area contributed by atoms with E-state index >= 15 is 0 Å². The highest BCUT2D eigenvalue weighted by Gasteiger charge is 2.32. The molecule has 1 aliphatic heterocycles. The van der Waals surface area contributed by atoms with Crippen molar-refractivity contribution in [3.05, 3.63) is 46.3 Å². The zero-order valence-electron chi connectivity index (χ0n) is 14.1. The molecule has 0 spiro atoms. The van der Waals surface area contributed by atoms with Crippen molar-refractivity contribution in [3.63, 3.8) is 0 Å². The second-order valence-corrected chi connectivity index (χ2v) is 6.29. The predicted octanol–water partition coefficient (Wildman–Crippen LogP) is 4.22. The van der Waals surface area contributed by atoms with Crippen LogP contribution in [0.5, 0.6) is 0 Å². The van der Waals surface area contributed by atoms with Crippen molar-refractivity contribution in [2.45, 2.75) is 45.7 Å². The second kappa shape index (κ2) is 6.54. The number of hydrogen-bond acceptors (Lipinski definition) is 3. The van der Waals surface area contributed by atoms with Gasteiger partial charge in [0.15, 0.2) is 0 Å². The normalized spacial score (nSPS) is 14.5. The number of aryl methyl sites for hydroxylation is 3. The summed E-state index contributed by atoms with van der Waals surface area (Å²) < 4.78 is 43.7. The lowest BCUT2D eigenvalue weighted by atomic mass is 9.98. The van der Waals surface area contributed by atoms with Gasteiger partial charge in [0.05, 0.1) is 11.3 Å². The maximum Gasteiger partial charge on any atom is 0.416 e. The number of benzene rings is 1. The van der Waals surface area contributed by atoms with Crippen molar-refractivity contribution in [1.82, 2.24) is 5.16 Å². The third-order valence-electron chi connectivity index (χ3n) is 4.60. The molecule has 4 nitrogen and oxygen atoms in total. The van der Waals surface area contributed by atoms with Crippen LogP contribution in [0.15, 0.2) is 22.7 Å². The second-order valence-electron chi connectivity index (χ2n) is 6.29. The minimum atomic E-state index is -4.37. The molecule has 0 bridgehead atoms. The minimum Gasteiger partial charge on any atom is -0.361 e. The fraction of sp³-hybridized carbons (Fsp3) is 0.444. The number of hydrogen-bond donors (Lipinski definition) is 0. The first-order valence-electron chi connectivity index (χ1n) is 8.19. The molecule has 1 amide bonds. The number of halogens is 3. The van der Waals surface area contributed by atoms with E-state index in [4.69, 9.17) is 4.52 Å². The van der Waals surface area contributed by atoms with Crippen LogP contribution in [0.4, 0.5) is 18.9 Å². The van der Waals surface area contributed by atoms with Crippen LogP contribution in [0.25, 0.3) is 0 Å². The Morgan fingerprint density at radius 2 is 2.08 bits per heavy atom. The van der Waals surface area contributed by atoms with Gasteiger partial charge >= 0.3 is 6.18 Å². The van der Waals surface area contributed by atoms with Crippen molar-refractivity contribution in [2.24, 2.45) is 0 Å². The third-order valence-corrected chi connectivity index (χ3v) is 4.60. The molecule has 1 aliphatic rings. The Hall–Kier alpha value is -2.31. The van der Waals surface area contributed by atoms with Crippen LogP contribution in [0.2, 0.25) is 0 Å². The van der Waals surface area contributed by atoms with Gasteiger partial charge < -0.3 is 9.42 Å². The lowest BCUT2D eigenvalue weighted by molar-refractivity contribution is -0.137. The van der Waals surface area contributed by atoms with Crippen LogP contribution in [0.3, 0.4) is 0 Å². The van der Waals surface area contributed by atoms with Crippen molar-refractivity contribution in [1.29, 1.82) is 0 Å². The molecule has 2 heterocycles. The van der Waals surface area contributed by atoms with Crippen molar-refractivity contribution < 1.29 is 22.5 Å². The Balaban J connectivity index is 1.77. The number of fused-ring (bicyclic) bond motifs is 1. The van der Waals surface area contributed by atoms with Crippen molar-refractivity contribution in [3.8, 4) is 0 Å². The molecule has 1 aromatic heterocycles. The number of amides is 1. The molecule has 25 heavy (non-hydrogen) atoms. The molecule has 0 unspecified atom stereocenters. The number of alkyl halides is 3. The van der Waals surface area contributed by atoms with Crippen LogP contribution >= 0.6 is 0 Å². The van der Waals surface area contributed by atoms with Gasteiger partial charge in [-0.1, -0.05) is 5.16 Å². The molecule has 0 saturated carbocycles. The van der Waals surface area contributed by atoms with Gasteiger partial charge in [0.25, 0.3) is 0 Å². The fourth-order valence-electron chi connectivity index (χ4n) is 3.26. The summed E-state index contributed by atoms with van der Waals surface area (Å²) in [5, 5.41) is 3.87. The topological polar surface area (TPSA) is 46.3 Å². The Morgan fingerprint density at radius 1 is 1.32 bits per heavy atom. The molecule has 134 valence electrons. The summed E-state index contributed by atoms with van der Waals surface area (Å²) in [5.41, 5.74) is 2.17. The number of anilines is 1. The quantitative estimate of drug-likeness (QED) is 0.831. The number of rotatable bonds is 3. The molecule has 0 atom stereocenters. The predicted molar refractivity (Wildman–Crippen MR) is 86.4 cm³/mol. The monoisotopic (exact) mass is 352 g/mol. The van der Waals surface area contributed by atoms with Crippen LogP contribution in [-0.2, 0) is 23.8 Å². The summed E-state index contributed by atoms with van der Waals surface area (Å²) in [4.78, 5) is 14.2. The largest absolute Gasteiger partial charge is 0.416 e. The summed E-state index contributed by atoms with van der Waals surface area (Å²) in [7, 11) is 0. The van der Waals surface area contributed by atoms with E-state index in [0.717, 1.165) is 23.4 Å². The Morgan fingerprint density at radius 3 is 2.72 bits per heavy atom. The van der Waals surface area contributed by atoms with Gasteiger partial charge in [0.2, 0.25) is 5.91 Å². The number of nitrogens with zero attached hydrogens (tertiary/aromatic N) is 2. The third kappa shape index (κ3) is 3.55. The fourth-order valence-corrected chi connectivity index (χ4v) is 3.26. The molecular weight excluding hydrogens is 333 g/mol. The van der Waals surface area contributed by atoms with E-state index in [0.29, 0.717) is 42.8 Å². The van der Waals surface area contributed by atoms with E-state index in [1.54, 1.807) is 11.8 Å². The van der Waals surface area contributed by atoms with Crippen LogP contribution < -0.4 is 4.90 Å². The zero-order chi connectivity index (χ0) is 18.2. The highest BCUT2D eigenvalue weighted by atomic mass is 19.4. The van der Waals surface area contributed by atoms with Crippen LogP contribution in [0.1, 0.15) is 41.0 Å². The first-order valence-corrected chi connectivity index (χ1v) is 8.19. The van der Waals surface area contributed by atoms with E-state index in [1.165, 1.54) is 6.07 Å². The number of aromatic nitrogens is 1. The van der Waals surface area contributed by atoms with E-state index in [2.05, 4.69) is 5.16 Å². The molecule has 0 aliphatic carbocycles. The molecule has 7 heteroatoms. The average molecular weight is 352 g/mol. The molecule has 0 fully saturated rings. The molecule has 2 aromatic rings. The Labute approximate surface area is 143 Å². The Bertz CT molecular complexity index is 777. The van der Waals surface area contributed by atoms with E-state index in [9.17, 15) is 18.0 Å². The SMILES string of the molecule is Cc1noc(C)c1CCC(=O)N1CCCc2cc(C(F)(F)F)ccc21.